The molecular formula is C12H18O2. The van der Waals surface area contributed by atoms with E-state index >= 15 is 0 Å². The molecule has 0 saturated heterocycles. The highest BCUT2D eigenvalue weighted by atomic mass is 16.5. The fourth-order valence-electron chi connectivity index (χ4n) is 1.42. The molecule has 0 radical (unpaired) electrons. The van der Waals surface area contributed by atoms with Crippen LogP contribution in [0.1, 0.15) is 24.5 Å². The third-order valence-corrected chi connectivity index (χ3v) is 2.48. The molecule has 0 heterocycles. The number of hydrogen-bond acceptors (Lipinski definition) is 2. The molecule has 0 aliphatic rings. The van der Waals surface area contributed by atoms with Crippen LogP contribution in [-0.2, 0) is 6.42 Å². The van der Waals surface area contributed by atoms with E-state index in [9.17, 15) is 5.11 Å². The summed E-state index contributed by atoms with van der Waals surface area (Å²) in [6, 6.07) is 5.95. The smallest absolute Gasteiger partial charge is 0.119 e. The van der Waals surface area contributed by atoms with Crippen molar-refractivity contribution in [2.75, 3.05) is 7.11 Å². The molecule has 1 unspecified atom stereocenters. The zero-order chi connectivity index (χ0) is 10.6. The molecule has 0 aliphatic carbocycles. The number of aliphatic hydroxyl groups excluding tert-OH is 1. The van der Waals surface area contributed by atoms with Gasteiger partial charge in [0.25, 0.3) is 0 Å². The van der Waals surface area contributed by atoms with Crippen LogP contribution in [0.25, 0.3) is 0 Å². The molecule has 1 aromatic carbocycles. The summed E-state index contributed by atoms with van der Waals surface area (Å²) in [6.07, 6.45) is 1.29. The molecule has 78 valence electrons. The lowest BCUT2D eigenvalue weighted by molar-refractivity contribution is 0.170. The van der Waals surface area contributed by atoms with Gasteiger partial charge in [-0.15, -0.1) is 0 Å². The van der Waals surface area contributed by atoms with Crippen LogP contribution in [0.5, 0.6) is 5.75 Å². The van der Waals surface area contributed by atoms with Crippen LogP contribution < -0.4 is 4.74 Å². The van der Waals surface area contributed by atoms with Gasteiger partial charge in [-0.05, 0) is 43.0 Å². The summed E-state index contributed by atoms with van der Waals surface area (Å²) >= 11 is 0. The SMILES string of the molecule is CCC(O)Cc1ccc(OC)cc1C. The van der Waals surface area contributed by atoms with Crippen molar-refractivity contribution in [2.24, 2.45) is 0 Å². The van der Waals surface area contributed by atoms with E-state index in [4.69, 9.17) is 4.74 Å². The van der Waals surface area contributed by atoms with Gasteiger partial charge in [0.1, 0.15) is 5.75 Å². The first-order valence-electron chi connectivity index (χ1n) is 4.99. The van der Waals surface area contributed by atoms with Gasteiger partial charge in [-0.2, -0.15) is 0 Å². The monoisotopic (exact) mass is 194 g/mol. The molecule has 14 heavy (non-hydrogen) atoms. The van der Waals surface area contributed by atoms with Gasteiger partial charge >= 0.3 is 0 Å². The van der Waals surface area contributed by atoms with Crippen LogP contribution in [-0.4, -0.2) is 18.3 Å². The standard InChI is InChI=1S/C12H18O2/c1-4-11(13)8-10-5-6-12(14-3)7-9(10)2/h5-7,11,13H,4,8H2,1-3H3. The van der Waals surface area contributed by atoms with E-state index in [1.807, 2.05) is 32.0 Å². The lowest BCUT2D eigenvalue weighted by atomic mass is 10.0. The van der Waals surface area contributed by atoms with E-state index in [-0.39, 0.29) is 6.10 Å². The van der Waals surface area contributed by atoms with Gasteiger partial charge in [0.2, 0.25) is 0 Å². The molecule has 0 aromatic heterocycles. The highest BCUT2D eigenvalue weighted by Crippen LogP contribution is 2.18. The Kier molecular flexibility index (Phi) is 3.96. The van der Waals surface area contributed by atoms with Gasteiger partial charge in [0.05, 0.1) is 13.2 Å². The number of hydrogen-bond donors (Lipinski definition) is 1. The quantitative estimate of drug-likeness (QED) is 0.797. The van der Waals surface area contributed by atoms with Crippen molar-refractivity contribution in [3.05, 3.63) is 29.3 Å². The minimum atomic E-state index is -0.234. The van der Waals surface area contributed by atoms with Crippen LogP contribution in [0.15, 0.2) is 18.2 Å². The summed E-state index contributed by atoms with van der Waals surface area (Å²) in [7, 11) is 1.66. The normalized spacial score (nSPS) is 12.6. The highest BCUT2D eigenvalue weighted by Gasteiger charge is 2.05. The molecule has 2 nitrogen and oxygen atoms in total. The number of methoxy groups -OCH3 is 1. The molecule has 1 atom stereocenters. The van der Waals surface area contributed by atoms with Crippen molar-refractivity contribution in [3.8, 4) is 5.75 Å². The molecule has 0 spiro atoms. The molecule has 0 bridgehead atoms. The topological polar surface area (TPSA) is 29.5 Å². The Morgan fingerprint density at radius 1 is 1.43 bits per heavy atom. The maximum Gasteiger partial charge on any atom is 0.119 e. The van der Waals surface area contributed by atoms with Crippen LogP contribution in [0, 0.1) is 6.92 Å². The van der Waals surface area contributed by atoms with Crippen molar-refractivity contribution in [1.29, 1.82) is 0 Å². The second-order valence-electron chi connectivity index (χ2n) is 3.56. The largest absolute Gasteiger partial charge is 0.497 e. The Balaban J connectivity index is 2.78. The minimum Gasteiger partial charge on any atom is -0.497 e. The fourth-order valence-corrected chi connectivity index (χ4v) is 1.42. The van der Waals surface area contributed by atoms with E-state index in [2.05, 4.69) is 0 Å². The molecule has 0 amide bonds. The molecular weight excluding hydrogens is 176 g/mol. The Bertz CT molecular complexity index is 294. The zero-order valence-electron chi connectivity index (χ0n) is 9.08. The number of benzene rings is 1. The minimum absolute atomic E-state index is 0.234. The fraction of sp³-hybridized carbons (Fsp3) is 0.500. The summed E-state index contributed by atoms with van der Waals surface area (Å²) in [5.74, 6) is 0.872. The molecule has 1 N–H and O–H groups in total. The van der Waals surface area contributed by atoms with Crippen molar-refractivity contribution in [3.63, 3.8) is 0 Å². The summed E-state index contributed by atoms with van der Waals surface area (Å²) in [6.45, 7) is 4.03. The number of aliphatic hydroxyl groups is 1. The first-order valence-corrected chi connectivity index (χ1v) is 4.99. The van der Waals surface area contributed by atoms with E-state index in [1.54, 1.807) is 7.11 Å². The van der Waals surface area contributed by atoms with Crippen molar-refractivity contribution in [1.82, 2.24) is 0 Å². The summed E-state index contributed by atoms with van der Waals surface area (Å²) < 4.78 is 5.12. The maximum atomic E-state index is 9.53. The number of ether oxygens (including phenoxy) is 1. The molecule has 0 saturated carbocycles. The summed E-state index contributed by atoms with van der Waals surface area (Å²) in [4.78, 5) is 0. The van der Waals surface area contributed by atoms with Gasteiger partial charge in [-0.1, -0.05) is 13.0 Å². The van der Waals surface area contributed by atoms with Crippen LogP contribution in [0.2, 0.25) is 0 Å². The Morgan fingerprint density at radius 2 is 2.14 bits per heavy atom. The van der Waals surface area contributed by atoms with Gasteiger partial charge in [-0.25, -0.2) is 0 Å². The lowest BCUT2D eigenvalue weighted by Gasteiger charge is -2.11. The van der Waals surface area contributed by atoms with Crippen LogP contribution >= 0.6 is 0 Å². The predicted molar refractivity (Wildman–Crippen MR) is 57.7 cm³/mol. The maximum absolute atomic E-state index is 9.53. The summed E-state index contributed by atoms with van der Waals surface area (Å²) in [5.41, 5.74) is 2.37. The zero-order valence-corrected chi connectivity index (χ0v) is 9.08. The third-order valence-electron chi connectivity index (χ3n) is 2.48. The van der Waals surface area contributed by atoms with E-state index in [0.29, 0.717) is 0 Å². The predicted octanol–water partition coefficient (Wildman–Crippen LogP) is 2.32. The van der Waals surface area contributed by atoms with Crippen LogP contribution in [0.4, 0.5) is 0 Å². The Morgan fingerprint density at radius 3 is 2.64 bits per heavy atom. The van der Waals surface area contributed by atoms with Gasteiger partial charge in [-0.3, -0.25) is 0 Å². The average Bonchev–Trinajstić information content (AvgIpc) is 2.20. The average molecular weight is 194 g/mol. The molecule has 0 fully saturated rings. The Labute approximate surface area is 85.5 Å². The van der Waals surface area contributed by atoms with Gasteiger partial charge in [0.15, 0.2) is 0 Å². The van der Waals surface area contributed by atoms with Crippen molar-refractivity contribution >= 4 is 0 Å². The first kappa shape index (κ1) is 11.1. The van der Waals surface area contributed by atoms with Crippen molar-refractivity contribution in [2.45, 2.75) is 32.8 Å². The van der Waals surface area contributed by atoms with E-state index in [0.717, 1.165) is 18.6 Å². The van der Waals surface area contributed by atoms with Crippen molar-refractivity contribution < 1.29 is 9.84 Å². The third kappa shape index (κ3) is 2.74. The molecule has 1 rings (SSSR count). The molecule has 1 aromatic rings. The summed E-state index contributed by atoms with van der Waals surface area (Å²) in [5, 5.41) is 9.53. The second-order valence-corrected chi connectivity index (χ2v) is 3.56. The van der Waals surface area contributed by atoms with Gasteiger partial charge in [0, 0.05) is 0 Å². The lowest BCUT2D eigenvalue weighted by Crippen LogP contribution is -2.09. The van der Waals surface area contributed by atoms with E-state index < -0.39 is 0 Å². The number of rotatable bonds is 4. The van der Waals surface area contributed by atoms with Crippen LogP contribution in [0.3, 0.4) is 0 Å². The number of aryl methyl sites for hydroxylation is 1. The van der Waals surface area contributed by atoms with E-state index in [1.165, 1.54) is 11.1 Å². The second kappa shape index (κ2) is 5.01. The molecule has 0 aliphatic heterocycles. The van der Waals surface area contributed by atoms with Gasteiger partial charge < -0.3 is 9.84 Å². The molecule has 2 heteroatoms. The first-order chi connectivity index (χ1) is 6.67. The highest BCUT2D eigenvalue weighted by molar-refractivity contribution is 5.35. The Hall–Kier alpha value is -1.02.